The summed E-state index contributed by atoms with van der Waals surface area (Å²) in [6.45, 7) is 7.14. The topological polar surface area (TPSA) is 93.0 Å². The third kappa shape index (κ3) is 5.37. The molecule has 8 nitrogen and oxygen atoms in total. The lowest BCUT2D eigenvalue weighted by Crippen LogP contribution is -2.38. The highest BCUT2D eigenvalue weighted by Crippen LogP contribution is 2.22. The van der Waals surface area contributed by atoms with E-state index in [9.17, 15) is 9.59 Å². The van der Waals surface area contributed by atoms with Crippen molar-refractivity contribution in [2.45, 2.75) is 46.6 Å². The molecule has 1 N–H and O–H groups in total. The van der Waals surface area contributed by atoms with Crippen LogP contribution in [0.4, 0.5) is 5.82 Å². The van der Waals surface area contributed by atoms with E-state index in [1.165, 1.54) is 0 Å². The average molecular weight is 394 g/mol. The number of carbonyl (C=O) groups is 2. The number of allylic oxidation sites excluding steroid dienone is 4. The second-order valence-corrected chi connectivity index (χ2v) is 7.12. The molecule has 0 fully saturated rings. The van der Waals surface area contributed by atoms with Gasteiger partial charge in [-0.25, -0.2) is 4.68 Å². The number of nitrogens with zero attached hydrogens (tertiary/aromatic N) is 5. The lowest BCUT2D eigenvalue weighted by molar-refractivity contribution is -0.124. The third-order valence-electron chi connectivity index (χ3n) is 4.67. The van der Waals surface area contributed by atoms with Gasteiger partial charge in [0.05, 0.1) is 11.4 Å². The van der Waals surface area contributed by atoms with Crippen LogP contribution < -0.4 is 10.2 Å². The zero-order chi connectivity index (χ0) is 20.8. The van der Waals surface area contributed by atoms with E-state index in [4.69, 9.17) is 0 Å². The number of hydrogen-bond acceptors (Lipinski definition) is 5. The van der Waals surface area contributed by atoms with Gasteiger partial charge in [-0.3, -0.25) is 14.5 Å². The lowest BCUT2D eigenvalue weighted by atomic mass is 10.2. The number of carbonyl (C=O) groups excluding carboxylic acids is 2. The van der Waals surface area contributed by atoms with Crippen LogP contribution in [0, 0.1) is 6.92 Å². The summed E-state index contributed by atoms with van der Waals surface area (Å²) < 4.78 is 1.86. The molecule has 3 rings (SSSR count). The highest BCUT2D eigenvalue weighted by atomic mass is 16.2. The van der Waals surface area contributed by atoms with E-state index in [2.05, 4.69) is 20.6 Å². The Bertz CT molecular complexity index is 945. The Labute approximate surface area is 170 Å². The van der Waals surface area contributed by atoms with E-state index in [0.717, 1.165) is 35.7 Å². The second kappa shape index (κ2) is 9.27. The van der Waals surface area contributed by atoms with E-state index in [-0.39, 0.29) is 24.7 Å². The van der Waals surface area contributed by atoms with Gasteiger partial charge in [0, 0.05) is 43.9 Å². The molecule has 8 heteroatoms. The van der Waals surface area contributed by atoms with Crippen LogP contribution in [0.2, 0.25) is 0 Å². The Morgan fingerprint density at radius 1 is 1.21 bits per heavy atom. The van der Waals surface area contributed by atoms with Crippen LogP contribution in [0.25, 0.3) is 5.57 Å². The quantitative estimate of drug-likeness (QED) is 0.760. The first-order valence-electron chi connectivity index (χ1n) is 9.72. The number of anilines is 1. The standard InChI is InChI=1S/C21H26N6O2/c1-15(18-6-4-11-22-24-18)7-8-16(2)23-19(28)9-10-21(29)26-12-5-13-27-20(26)14-17(3)25-27/h4,6-8,11,14H,5,9-10,12-13H2,1-3H3,(H,23,28)/b15-7+,16-8+. The number of aryl methyl sites for hydroxylation is 2. The molecule has 0 unspecified atom stereocenters. The zero-order valence-electron chi connectivity index (χ0n) is 17.1. The summed E-state index contributed by atoms with van der Waals surface area (Å²) in [5.74, 6) is 0.584. The van der Waals surface area contributed by atoms with Gasteiger partial charge >= 0.3 is 0 Å². The first kappa shape index (κ1) is 20.4. The predicted molar refractivity (Wildman–Crippen MR) is 111 cm³/mol. The van der Waals surface area contributed by atoms with Gasteiger partial charge in [-0.2, -0.15) is 15.3 Å². The Balaban J connectivity index is 1.51. The van der Waals surface area contributed by atoms with E-state index < -0.39 is 0 Å². The van der Waals surface area contributed by atoms with Gasteiger partial charge in [0.25, 0.3) is 0 Å². The van der Waals surface area contributed by atoms with Gasteiger partial charge in [-0.15, -0.1) is 0 Å². The molecule has 29 heavy (non-hydrogen) atoms. The summed E-state index contributed by atoms with van der Waals surface area (Å²) in [5, 5.41) is 15.1. The monoisotopic (exact) mass is 394 g/mol. The fourth-order valence-corrected chi connectivity index (χ4v) is 3.19. The number of fused-ring (bicyclic) bond motifs is 1. The molecule has 0 radical (unpaired) electrons. The van der Waals surface area contributed by atoms with Crippen molar-refractivity contribution in [2.24, 2.45) is 0 Å². The van der Waals surface area contributed by atoms with Gasteiger partial charge in [0.1, 0.15) is 5.82 Å². The Morgan fingerprint density at radius 2 is 2.03 bits per heavy atom. The van der Waals surface area contributed by atoms with Gasteiger partial charge in [-0.05, 0) is 51.0 Å². The fraction of sp³-hybridized carbons (Fsp3) is 0.381. The molecule has 2 amide bonds. The Morgan fingerprint density at radius 3 is 2.79 bits per heavy atom. The van der Waals surface area contributed by atoms with E-state index in [1.807, 2.05) is 55.8 Å². The van der Waals surface area contributed by atoms with Crippen LogP contribution >= 0.6 is 0 Å². The molecule has 0 spiro atoms. The molecule has 0 saturated heterocycles. The van der Waals surface area contributed by atoms with Crippen molar-refractivity contribution >= 4 is 23.2 Å². The summed E-state index contributed by atoms with van der Waals surface area (Å²) in [6, 6.07) is 5.61. The minimum atomic E-state index is -0.181. The molecule has 0 bridgehead atoms. The zero-order valence-corrected chi connectivity index (χ0v) is 17.1. The maximum absolute atomic E-state index is 12.6. The SMILES string of the molecule is C/C(=C\C=C(/C)c1cccnn1)NC(=O)CCC(=O)N1CCCn2nc(C)cc21. The van der Waals surface area contributed by atoms with Crippen LogP contribution in [0.3, 0.4) is 0 Å². The van der Waals surface area contributed by atoms with Gasteiger partial charge in [0.2, 0.25) is 11.8 Å². The van der Waals surface area contributed by atoms with E-state index in [0.29, 0.717) is 12.2 Å². The Kier molecular flexibility index (Phi) is 6.54. The maximum Gasteiger partial charge on any atom is 0.228 e. The lowest BCUT2D eigenvalue weighted by Gasteiger charge is -2.27. The molecule has 3 heterocycles. The number of aromatic nitrogens is 4. The molecule has 0 aliphatic carbocycles. The summed E-state index contributed by atoms with van der Waals surface area (Å²) >= 11 is 0. The number of amides is 2. The highest BCUT2D eigenvalue weighted by molar-refractivity contribution is 5.95. The molecule has 0 aromatic carbocycles. The van der Waals surface area contributed by atoms with Crippen molar-refractivity contribution in [2.75, 3.05) is 11.4 Å². The minimum Gasteiger partial charge on any atom is -0.330 e. The number of hydrogen-bond donors (Lipinski definition) is 1. The normalized spacial score (nSPS) is 14.5. The smallest absolute Gasteiger partial charge is 0.228 e. The van der Waals surface area contributed by atoms with Crippen LogP contribution in [0.15, 0.2) is 42.2 Å². The van der Waals surface area contributed by atoms with Crippen molar-refractivity contribution in [1.82, 2.24) is 25.3 Å². The van der Waals surface area contributed by atoms with Gasteiger partial charge in [-0.1, -0.05) is 6.08 Å². The van der Waals surface area contributed by atoms with Crippen LogP contribution in [-0.2, 0) is 16.1 Å². The van der Waals surface area contributed by atoms with Crippen molar-refractivity contribution in [1.29, 1.82) is 0 Å². The first-order valence-corrected chi connectivity index (χ1v) is 9.72. The first-order chi connectivity index (χ1) is 13.9. The summed E-state index contributed by atoms with van der Waals surface area (Å²) in [5.41, 5.74) is 3.32. The summed E-state index contributed by atoms with van der Waals surface area (Å²) in [6.07, 6.45) is 6.49. The van der Waals surface area contributed by atoms with E-state index >= 15 is 0 Å². The molecule has 2 aromatic rings. The van der Waals surface area contributed by atoms with Crippen molar-refractivity contribution in [3.05, 3.63) is 53.6 Å². The van der Waals surface area contributed by atoms with Crippen molar-refractivity contribution in [3.8, 4) is 0 Å². The number of rotatable bonds is 6. The molecule has 0 atom stereocenters. The third-order valence-corrected chi connectivity index (χ3v) is 4.67. The van der Waals surface area contributed by atoms with E-state index in [1.54, 1.807) is 11.1 Å². The highest BCUT2D eigenvalue weighted by Gasteiger charge is 2.24. The number of nitrogens with one attached hydrogen (secondary N) is 1. The Hall–Kier alpha value is -3.29. The molecule has 0 saturated carbocycles. The molecule has 1 aliphatic heterocycles. The second-order valence-electron chi connectivity index (χ2n) is 7.12. The van der Waals surface area contributed by atoms with Gasteiger partial charge in [0.15, 0.2) is 0 Å². The van der Waals surface area contributed by atoms with Crippen molar-refractivity contribution < 1.29 is 9.59 Å². The molecular weight excluding hydrogens is 368 g/mol. The predicted octanol–water partition coefficient (Wildman–Crippen LogP) is 2.62. The largest absolute Gasteiger partial charge is 0.330 e. The average Bonchev–Trinajstić information content (AvgIpc) is 3.11. The molecular formula is C21H26N6O2. The molecule has 1 aliphatic rings. The van der Waals surface area contributed by atoms with Crippen LogP contribution in [0.1, 0.15) is 44.5 Å². The van der Waals surface area contributed by atoms with Crippen LogP contribution in [-0.4, -0.2) is 38.3 Å². The molecule has 2 aromatic heterocycles. The maximum atomic E-state index is 12.6. The summed E-state index contributed by atoms with van der Waals surface area (Å²) in [4.78, 5) is 26.6. The van der Waals surface area contributed by atoms with Crippen LogP contribution in [0.5, 0.6) is 0 Å². The van der Waals surface area contributed by atoms with Crippen molar-refractivity contribution in [3.63, 3.8) is 0 Å². The fourth-order valence-electron chi connectivity index (χ4n) is 3.19. The minimum absolute atomic E-state index is 0.0546. The van der Waals surface area contributed by atoms with Gasteiger partial charge < -0.3 is 5.32 Å². The summed E-state index contributed by atoms with van der Waals surface area (Å²) in [7, 11) is 0. The molecule has 152 valence electrons.